The number of benzene rings is 1. The highest BCUT2D eigenvalue weighted by Gasteiger charge is 2.09. The van der Waals surface area contributed by atoms with Crippen molar-refractivity contribution in [3.8, 4) is 0 Å². The van der Waals surface area contributed by atoms with Crippen molar-refractivity contribution in [3.63, 3.8) is 0 Å². The molecule has 1 unspecified atom stereocenters. The number of primary sulfonamides is 1. The Labute approximate surface area is 116 Å². The number of pyridine rings is 1. The molecule has 1 aromatic heterocycles. The molecule has 20 heavy (non-hydrogen) atoms. The summed E-state index contributed by atoms with van der Waals surface area (Å²) in [6.07, 6.45) is 2.70. The molecule has 1 heterocycles. The van der Waals surface area contributed by atoms with Gasteiger partial charge in [0.15, 0.2) is 0 Å². The number of halogens is 1. The van der Waals surface area contributed by atoms with Crippen LogP contribution in [-0.4, -0.2) is 13.4 Å². The molecular formula is C13H14FN3O2S. The first-order valence-corrected chi connectivity index (χ1v) is 7.41. The normalized spacial score (nSPS) is 12.9. The van der Waals surface area contributed by atoms with Crippen LogP contribution in [-0.2, 0) is 10.0 Å². The third-order valence-electron chi connectivity index (χ3n) is 2.79. The molecule has 0 aliphatic carbocycles. The SMILES string of the molecule is CC(Nc1ccc(S(N)(=O)=O)cc1)c1cncc(F)c1. The number of nitrogens with zero attached hydrogens (tertiary/aromatic N) is 1. The van der Waals surface area contributed by atoms with E-state index in [1.165, 1.54) is 18.2 Å². The molecular weight excluding hydrogens is 281 g/mol. The first-order valence-electron chi connectivity index (χ1n) is 5.86. The highest BCUT2D eigenvalue weighted by atomic mass is 32.2. The third-order valence-corrected chi connectivity index (χ3v) is 3.72. The second-order valence-corrected chi connectivity index (χ2v) is 5.93. The van der Waals surface area contributed by atoms with Crippen LogP contribution in [0.2, 0.25) is 0 Å². The Balaban J connectivity index is 2.14. The Morgan fingerprint density at radius 3 is 2.45 bits per heavy atom. The fraction of sp³-hybridized carbons (Fsp3) is 0.154. The molecule has 3 N–H and O–H groups in total. The predicted octanol–water partition coefficient (Wildman–Crippen LogP) is 2.04. The predicted molar refractivity (Wildman–Crippen MR) is 74.0 cm³/mol. The molecule has 1 atom stereocenters. The molecule has 0 radical (unpaired) electrons. The highest BCUT2D eigenvalue weighted by Crippen LogP contribution is 2.20. The van der Waals surface area contributed by atoms with Gasteiger partial charge in [-0.15, -0.1) is 0 Å². The van der Waals surface area contributed by atoms with E-state index in [0.717, 1.165) is 6.20 Å². The number of aromatic nitrogens is 1. The fourth-order valence-electron chi connectivity index (χ4n) is 1.74. The van der Waals surface area contributed by atoms with Crippen molar-refractivity contribution in [1.29, 1.82) is 0 Å². The molecule has 0 fully saturated rings. The average molecular weight is 295 g/mol. The molecule has 7 heteroatoms. The lowest BCUT2D eigenvalue weighted by molar-refractivity contribution is 0.598. The maximum Gasteiger partial charge on any atom is 0.238 e. The zero-order valence-electron chi connectivity index (χ0n) is 10.7. The van der Waals surface area contributed by atoms with Gasteiger partial charge in [0, 0.05) is 11.9 Å². The summed E-state index contributed by atoms with van der Waals surface area (Å²) < 4.78 is 35.3. The van der Waals surface area contributed by atoms with E-state index in [1.807, 2.05) is 6.92 Å². The maximum atomic E-state index is 13.1. The number of hydrogen-bond acceptors (Lipinski definition) is 4. The van der Waals surface area contributed by atoms with E-state index >= 15 is 0 Å². The van der Waals surface area contributed by atoms with E-state index in [9.17, 15) is 12.8 Å². The van der Waals surface area contributed by atoms with Crippen molar-refractivity contribution in [2.45, 2.75) is 17.9 Å². The van der Waals surface area contributed by atoms with Crippen LogP contribution in [0.5, 0.6) is 0 Å². The zero-order valence-corrected chi connectivity index (χ0v) is 11.6. The largest absolute Gasteiger partial charge is 0.378 e. The van der Waals surface area contributed by atoms with E-state index in [1.54, 1.807) is 18.3 Å². The first-order chi connectivity index (χ1) is 9.36. The first kappa shape index (κ1) is 14.4. The Bertz CT molecular complexity index is 702. The zero-order chi connectivity index (χ0) is 14.8. The van der Waals surface area contributed by atoms with Crippen LogP contribution >= 0.6 is 0 Å². The number of sulfonamides is 1. The second-order valence-electron chi connectivity index (χ2n) is 4.37. The minimum absolute atomic E-state index is 0.0446. The van der Waals surface area contributed by atoms with Crippen LogP contribution in [0.4, 0.5) is 10.1 Å². The lowest BCUT2D eigenvalue weighted by Gasteiger charge is -2.15. The van der Waals surface area contributed by atoms with Crippen molar-refractivity contribution in [1.82, 2.24) is 4.98 Å². The van der Waals surface area contributed by atoms with Crippen molar-refractivity contribution < 1.29 is 12.8 Å². The molecule has 2 rings (SSSR count). The van der Waals surface area contributed by atoms with Gasteiger partial charge in [0.1, 0.15) is 5.82 Å². The van der Waals surface area contributed by atoms with E-state index in [2.05, 4.69) is 10.3 Å². The molecule has 5 nitrogen and oxygen atoms in total. The van der Waals surface area contributed by atoms with E-state index < -0.39 is 15.8 Å². The summed E-state index contributed by atoms with van der Waals surface area (Å²) in [6, 6.07) is 7.25. The fourth-order valence-corrected chi connectivity index (χ4v) is 2.25. The number of nitrogens with two attached hydrogens (primary N) is 1. The summed E-state index contributed by atoms with van der Waals surface area (Å²) >= 11 is 0. The minimum atomic E-state index is -3.69. The van der Waals surface area contributed by atoms with Gasteiger partial charge in [-0.3, -0.25) is 4.98 Å². The van der Waals surface area contributed by atoms with Crippen LogP contribution in [0.25, 0.3) is 0 Å². The number of anilines is 1. The van der Waals surface area contributed by atoms with Crippen LogP contribution in [0, 0.1) is 5.82 Å². The van der Waals surface area contributed by atoms with Gasteiger partial charge in [-0.05, 0) is 42.8 Å². The smallest absolute Gasteiger partial charge is 0.238 e. The standard InChI is InChI=1S/C13H14FN3O2S/c1-9(10-6-11(14)8-16-7-10)17-12-2-4-13(5-3-12)20(15,18)19/h2-9,17H,1H3,(H2,15,18,19). The molecule has 0 spiro atoms. The van der Waals surface area contributed by atoms with Crippen LogP contribution in [0.15, 0.2) is 47.6 Å². The summed E-state index contributed by atoms with van der Waals surface area (Å²) in [5.74, 6) is -0.402. The van der Waals surface area contributed by atoms with Gasteiger partial charge in [0.25, 0.3) is 0 Å². The topological polar surface area (TPSA) is 85.1 Å². The van der Waals surface area contributed by atoms with Crippen LogP contribution < -0.4 is 10.5 Å². The Kier molecular flexibility index (Phi) is 4.01. The van der Waals surface area contributed by atoms with Gasteiger partial charge in [0.05, 0.1) is 17.1 Å². The molecule has 0 saturated carbocycles. The quantitative estimate of drug-likeness (QED) is 0.904. The summed E-state index contributed by atoms with van der Waals surface area (Å²) in [6.45, 7) is 1.85. The van der Waals surface area contributed by atoms with Crippen molar-refractivity contribution in [2.24, 2.45) is 5.14 Å². The Morgan fingerprint density at radius 2 is 1.90 bits per heavy atom. The molecule has 106 valence electrons. The summed E-state index contributed by atoms with van der Waals surface area (Å²) in [4.78, 5) is 3.83. The van der Waals surface area contributed by atoms with E-state index in [-0.39, 0.29) is 10.9 Å². The van der Waals surface area contributed by atoms with Gasteiger partial charge in [0.2, 0.25) is 10.0 Å². The van der Waals surface area contributed by atoms with Crippen molar-refractivity contribution in [3.05, 3.63) is 54.1 Å². The molecule has 0 bridgehead atoms. The van der Waals surface area contributed by atoms with E-state index in [4.69, 9.17) is 5.14 Å². The summed E-state index contributed by atoms with van der Waals surface area (Å²) in [7, 11) is -3.69. The highest BCUT2D eigenvalue weighted by molar-refractivity contribution is 7.89. The molecule has 0 amide bonds. The van der Waals surface area contributed by atoms with Crippen LogP contribution in [0.3, 0.4) is 0 Å². The lowest BCUT2D eigenvalue weighted by Crippen LogP contribution is -2.12. The Morgan fingerprint density at radius 1 is 1.25 bits per heavy atom. The maximum absolute atomic E-state index is 13.1. The lowest BCUT2D eigenvalue weighted by atomic mass is 10.1. The monoisotopic (exact) mass is 295 g/mol. The van der Waals surface area contributed by atoms with E-state index in [0.29, 0.717) is 11.3 Å². The third kappa shape index (κ3) is 3.52. The Hall–Kier alpha value is -1.99. The molecule has 0 saturated heterocycles. The van der Waals surface area contributed by atoms with Crippen molar-refractivity contribution >= 4 is 15.7 Å². The van der Waals surface area contributed by atoms with Crippen LogP contribution in [0.1, 0.15) is 18.5 Å². The van der Waals surface area contributed by atoms with Gasteiger partial charge in [-0.2, -0.15) is 0 Å². The number of hydrogen-bond donors (Lipinski definition) is 2. The van der Waals surface area contributed by atoms with Gasteiger partial charge >= 0.3 is 0 Å². The van der Waals surface area contributed by atoms with Gasteiger partial charge in [-0.25, -0.2) is 17.9 Å². The minimum Gasteiger partial charge on any atom is -0.378 e. The summed E-state index contributed by atoms with van der Waals surface area (Å²) in [5.41, 5.74) is 1.40. The molecule has 1 aromatic carbocycles. The molecule has 0 aliphatic heterocycles. The molecule has 0 aliphatic rings. The summed E-state index contributed by atoms with van der Waals surface area (Å²) in [5, 5.41) is 8.14. The average Bonchev–Trinajstić information content (AvgIpc) is 2.38. The second kappa shape index (κ2) is 5.56. The molecule has 2 aromatic rings. The van der Waals surface area contributed by atoms with Crippen molar-refractivity contribution in [2.75, 3.05) is 5.32 Å². The number of rotatable bonds is 4. The van der Waals surface area contributed by atoms with Gasteiger partial charge < -0.3 is 5.32 Å². The number of nitrogens with one attached hydrogen (secondary N) is 1. The van der Waals surface area contributed by atoms with Gasteiger partial charge in [-0.1, -0.05) is 0 Å².